The van der Waals surface area contributed by atoms with Gasteiger partial charge in [0.25, 0.3) is 0 Å². The lowest BCUT2D eigenvalue weighted by atomic mass is 9.92. The van der Waals surface area contributed by atoms with E-state index in [0.717, 1.165) is 53.8 Å². The lowest BCUT2D eigenvalue weighted by Crippen LogP contribution is -2.36. The summed E-state index contributed by atoms with van der Waals surface area (Å²) in [6, 6.07) is 14.5. The largest absolute Gasteiger partial charge is 0.489 e. The van der Waals surface area contributed by atoms with Crippen LogP contribution in [0, 0.1) is 0 Å². The van der Waals surface area contributed by atoms with E-state index in [2.05, 4.69) is 16.4 Å². The highest BCUT2D eigenvalue weighted by Gasteiger charge is 2.23. The predicted octanol–water partition coefficient (Wildman–Crippen LogP) is 6.02. The van der Waals surface area contributed by atoms with Crippen molar-refractivity contribution in [1.82, 2.24) is 10.3 Å². The van der Waals surface area contributed by atoms with Crippen LogP contribution in [0.15, 0.2) is 54.9 Å². The summed E-state index contributed by atoms with van der Waals surface area (Å²) in [5.74, 6) is 0.769. The van der Waals surface area contributed by atoms with Gasteiger partial charge in [0.15, 0.2) is 0 Å². The zero-order valence-corrected chi connectivity index (χ0v) is 16.5. The van der Waals surface area contributed by atoms with Gasteiger partial charge >= 0.3 is 0 Å². The van der Waals surface area contributed by atoms with E-state index in [4.69, 9.17) is 27.9 Å². The van der Waals surface area contributed by atoms with Gasteiger partial charge in [0, 0.05) is 35.4 Å². The Labute approximate surface area is 169 Å². The van der Waals surface area contributed by atoms with E-state index < -0.39 is 0 Å². The van der Waals surface area contributed by atoms with E-state index in [1.165, 1.54) is 5.56 Å². The summed E-state index contributed by atoms with van der Waals surface area (Å²) >= 11 is 12.5. The molecule has 0 aliphatic heterocycles. The third-order valence-corrected chi connectivity index (χ3v) is 5.67. The quantitative estimate of drug-likeness (QED) is 0.568. The summed E-state index contributed by atoms with van der Waals surface area (Å²) in [4.78, 5) is 4.14. The molecule has 27 heavy (non-hydrogen) atoms. The van der Waals surface area contributed by atoms with Crippen molar-refractivity contribution < 1.29 is 4.74 Å². The molecule has 0 radical (unpaired) electrons. The van der Waals surface area contributed by atoms with Gasteiger partial charge in [-0.15, -0.1) is 0 Å². The number of rotatable bonds is 5. The van der Waals surface area contributed by atoms with Crippen LogP contribution in [0.25, 0.3) is 10.8 Å². The van der Waals surface area contributed by atoms with Gasteiger partial charge in [-0.2, -0.15) is 0 Å². The van der Waals surface area contributed by atoms with Crippen LogP contribution in [-0.4, -0.2) is 17.1 Å². The molecular weight excluding hydrogens is 379 g/mol. The normalized spacial score (nSPS) is 19.9. The third kappa shape index (κ3) is 4.73. The second-order valence-electron chi connectivity index (χ2n) is 7.11. The van der Waals surface area contributed by atoms with Crippen LogP contribution in [0.4, 0.5) is 0 Å². The van der Waals surface area contributed by atoms with Gasteiger partial charge in [0.05, 0.1) is 11.1 Å². The van der Waals surface area contributed by atoms with Crippen LogP contribution in [0.2, 0.25) is 10.0 Å². The van der Waals surface area contributed by atoms with E-state index in [9.17, 15) is 0 Å². The molecule has 1 saturated carbocycles. The van der Waals surface area contributed by atoms with E-state index in [1.54, 1.807) is 6.20 Å². The first-order chi connectivity index (χ1) is 13.2. The highest BCUT2D eigenvalue weighted by molar-refractivity contribution is 6.32. The van der Waals surface area contributed by atoms with Crippen molar-refractivity contribution in [3.8, 4) is 5.75 Å². The summed E-state index contributed by atoms with van der Waals surface area (Å²) in [6.07, 6.45) is 8.07. The summed E-state index contributed by atoms with van der Waals surface area (Å²) in [6.45, 7) is 0.849. The SMILES string of the molecule is Clc1cccc(CNC2CCC(Oc3cc4ccncc4cc3Cl)CC2)c1. The molecule has 1 N–H and O–H groups in total. The fraction of sp³-hybridized carbons (Fsp3) is 0.318. The van der Waals surface area contributed by atoms with Crippen molar-refractivity contribution in [2.24, 2.45) is 0 Å². The molecule has 1 fully saturated rings. The number of hydrogen-bond donors (Lipinski definition) is 1. The Bertz CT molecular complexity index is 923. The molecule has 1 aliphatic rings. The van der Waals surface area contributed by atoms with E-state index in [0.29, 0.717) is 11.1 Å². The Morgan fingerprint density at radius 3 is 2.67 bits per heavy atom. The summed E-state index contributed by atoms with van der Waals surface area (Å²) in [5.41, 5.74) is 1.22. The maximum absolute atomic E-state index is 6.41. The first-order valence-electron chi connectivity index (χ1n) is 9.35. The number of hydrogen-bond acceptors (Lipinski definition) is 3. The zero-order valence-electron chi connectivity index (χ0n) is 15.0. The van der Waals surface area contributed by atoms with E-state index in [1.807, 2.05) is 42.6 Å². The predicted molar refractivity (Wildman–Crippen MR) is 112 cm³/mol. The van der Waals surface area contributed by atoms with Crippen LogP contribution in [0.1, 0.15) is 31.2 Å². The molecule has 0 spiro atoms. The Balaban J connectivity index is 1.31. The van der Waals surface area contributed by atoms with Crippen LogP contribution < -0.4 is 10.1 Å². The van der Waals surface area contributed by atoms with Gasteiger partial charge < -0.3 is 10.1 Å². The minimum absolute atomic E-state index is 0.214. The van der Waals surface area contributed by atoms with Gasteiger partial charge in [0.1, 0.15) is 5.75 Å². The number of nitrogens with one attached hydrogen (secondary N) is 1. The van der Waals surface area contributed by atoms with Crippen molar-refractivity contribution in [2.75, 3.05) is 0 Å². The van der Waals surface area contributed by atoms with Gasteiger partial charge in [-0.05, 0) is 67.0 Å². The first-order valence-corrected chi connectivity index (χ1v) is 10.1. The van der Waals surface area contributed by atoms with Crippen LogP contribution >= 0.6 is 23.2 Å². The first kappa shape index (κ1) is 18.5. The fourth-order valence-corrected chi connectivity index (χ4v) is 4.08. The summed E-state index contributed by atoms with van der Waals surface area (Å²) in [7, 11) is 0. The lowest BCUT2D eigenvalue weighted by molar-refractivity contribution is 0.139. The van der Waals surface area contributed by atoms with Crippen LogP contribution in [-0.2, 0) is 6.54 Å². The standard InChI is InChI=1S/C22H22Cl2N2O/c23-18-3-1-2-15(10-18)13-26-19-4-6-20(7-5-19)27-22-12-16-8-9-25-14-17(16)11-21(22)24/h1-3,8-12,14,19-20,26H,4-7,13H2. The molecule has 140 valence electrons. The molecular formula is C22H22Cl2N2O. The molecule has 1 aromatic heterocycles. The minimum Gasteiger partial charge on any atom is -0.489 e. The Kier molecular flexibility index (Phi) is 5.82. The van der Waals surface area contributed by atoms with Gasteiger partial charge in [0.2, 0.25) is 0 Å². The summed E-state index contributed by atoms with van der Waals surface area (Å²) < 4.78 is 6.22. The monoisotopic (exact) mass is 400 g/mol. The van der Waals surface area contributed by atoms with Crippen LogP contribution in [0.3, 0.4) is 0 Å². The number of pyridine rings is 1. The molecule has 4 rings (SSSR count). The smallest absolute Gasteiger partial charge is 0.138 e. The number of aromatic nitrogens is 1. The number of fused-ring (bicyclic) bond motifs is 1. The van der Waals surface area contributed by atoms with Gasteiger partial charge in [-0.1, -0.05) is 35.3 Å². The number of benzene rings is 2. The molecule has 0 atom stereocenters. The molecule has 5 heteroatoms. The minimum atomic E-state index is 0.214. The molecule has 1 aliphatic carbocycles. The molecule has 0 saturated heterocycles. The van der Waals surface area contributed by atoms with Crippen LogP contribution in [0.5, 0.6) is 5.75 Å². The Morgan fingerprint density at radius 1 is 1.00 bits per heavy atom. The van der Waals surface area contributed by atoms with E-state index >= 15 is 0 Å². The highest BCUT2D eigenvalue weighted by Crippen LogP contribution is 2.33. The molecule has 0 amide bonds. The molecule has 0 unspecified atom stereocenters. The van der Waals surface area contributed by atoms with Crippen molar-refractivity contribution in [2.45, 2.75) is 44.4 Å². The average molecular weight is 401 g/mol. The van der Waals surface area contributed by atoms with Crippen molar-refractivity contribution >= 4 is 34.0 Å². The maximum atomic E-state index is 6.41. The van der Waals surface area contributed by atoms with Gasteiger partial charge in [-0.3, -0.25) is 4.98 Å². The highest BCUT2D eigenvalue weighted by atomic mass is 35.5. The number of nitrogens with zero attached hydrogens (tertiary/aromatic N) is 1. The third-order valence-electron chi connectivity index (χ3n) is 5.14. The second kappa shape index (κ2) is 8.47. The zero-order chi connectivity index (χ0) is 18.6. The fourth-order valence-electron chi connectivity index (χ4n) is 3.65. The number of ether oxygens (including phenoxy) is 1. The van der Waals surface area contributed by atoms with Gasteiger partial charge in [-0.25, -0.2) is 0 Å². The molecule has 3 aromatic rings. The topological polar surface area (TPSA) is 34.1 Å². The van der Waals surface area contributed by atoms with E-state index in [-0.39, 0.29) is 6.10 Å². The second-order valence-corrected chi connectivity index (χ2v) is 7.95. The average Bonchev–Trinajstić information content (AvgIpc) is 2.68. The van der Waals surface area contributed by atoms with Crippen molar-refractivity contribution in [3.05, 3.63) is 70.5 Å². The molecule has 0 bridgehead atoms. The molecule has 2 aromatic carbocycles. The van der Waals surface area contributed by atoms with Crippen molar-refractivity contribution in [1.29, 1.82) is 0 Å². The Hall–Kier alpha value is -1.81. The molecule has 1 heterocycles. The lowest BCUT2D eigenvalue weighted by Gasteiger charge is -2.30. The summed E-state index contributed by atoms with van der Waals surface area (Å²) in [5, 5.41) is 7.20. The Morgan fingerprint density at radius 2 is 1.85 bits per heavy atom. The molecule has 3 nitrogen and oxygen atoms in total. The number of halogens is 2. The maximum Gasteiger partial charge on any atom is 0.138 e. The van der Waals surface area contributed by atoms with Crippen molar-refractivity contribution in [3.63, 3.8) is 0 Å².